The van der Waals surface area contributed by atoms with E-state index in [2.05, 4.69) is 25.2 Å². The number of halogens is 1. The predicted octanol–water partition coefficient (Wildman–Crippen LogP) is 4.00. The molecule has 4 aliphatic carbocycles. The van der Waals surface area contributed by atoms with Gasteiger partial charge in [0.2, 0.25) is 0 Å². The van der Waals surface area contributed by atoms with Crippen molar-refractivity contribution in [3.05, 3.63) is 34.9 Å². The Hall–Kier alpha value is -0.860. The van der Waals surface area contributed by atoms with Crippen LogP contribution in [0.1, 0.15) is 39.0 Å². The second-order valence-electron chi connectivity index (χ2n) is 7.70. The van der Waals surface area contributed by atoms with Gasteiger partial charge in [-0.1, -0.05) is 36.8 Å². The second-order valence-corrected chi connectivity index (χ2v) is 8.08. The monoisotopic (exact) mass is 318 g/mol. The highest BCUT2D eigenvalue weighted by Gasteiger charge is 2.53. The number of rotatable bonds is 0. The molecule has 2 fully saturated rings. The quantitative estimate of drug-likeness (QED) is 0.685. The van der Waals surface area contributed by atoms with E-state index in [4.69, 9.17) is 11.6 Å². The molecule has 0 amide bonds. The summed E-state index contributed by atoms with van der Waals surface area (Å²) in [6, 6.07) is 0. The molecule has 2 nitrogen and oxygen atoms in total. The number of aliphatic hydroxyl groups is 1. The maximum atomic E-state index is 11.8. The van der Waals surface area contributed by atoms with Gasteiger partial charge in [-0.3, -0.25) is 4.79 Å². The number of allylic oxidation sites excluding steroid dienone is 5. The average Bonchev–Trinajstić information content (AvgIpc) is 2.51. The Morgan fingerprint density at radius 1 is 1.27 bits per heavy atom. The van der Waals surface area contributed by atoms with Crippen LogP contribution in [-0.4, -0.2) is 17.0 Å². The van der Waals surface area contributed by atoms with E-state index in [1.165, 1.54) is 5.57 Å². The molecule has 0 aliphatic heterocycles. The third kappa shape index (κ3) is 1.93. The Morgan fingerprint density at radius 3 is 2.91 bits per heavy atom. The number of fused-ring (bicyclic) bond motifs is 5. The van der Waals surface area contributed by atoms with Gasteiger partial charge in [-0.25, -0.2) is 0 Å². The summed E-state index contributed by atoms with van der Waals surface area (Å²) in [4.78, 5) is 11.8. The van der Waals surface area contributed by atoms with Crippen LogP contribution in [0.5, 0.6) is 0 Å². The topological polar surface area (TPSA) is 37.3 Å². The Balaban J connectivity index is 1.69. The third-order valence-electron chi connectivity index (χ3n) is 6.82. The summed E-state index contributed by atoms with van der Waals surface area (Å²) in [5.41, 5.74) is 1.19. The van der Waals surface area contributed by atoms with Crippen LogP contribution in [-0.2, 0) is 4.79 Å². The standard InChI is InChI=1S/C19H23ClO2/c1-19-10-9-12-11-7-8-16(21)18(20)14(11)6-5-13(12)15(19)3-2-4-17(19)22/h2-3,7-8,11-13,15,17,22H,4-6,9-10H2,1H3/t11-,12-,13-,15+,17+,19+/m1/s1. The molecule has 0 saturated heterocycles. The van der Waals surface area contributed by atoms with Crippen molar-refractivity contribution in [3.8, 4) is 0 Å². The maximum Gasteiger partial charge on any atom is 0.196 e. The molecule has 0 heterocycles. The van der Waals surface area contributed by atoms with Gasteiger partial charge in [0.25, 0.3) is 0 Å². The molecule has 0 aromatic carbocycles. The van der Waals surface area contributed by atoms with Gasteiger partial charge >= 0.3 is 0 Å². The summed E-state index contributed by atoms with van der Waals surface area (Å²) in [5.74, 6) is 1.93. The molecule has 0 spiro atoms. The summed E-state index contributed by atoms with van der Waals surface area (Å²) in [6.45, 7) is 2.26. The lowest BCUT2D eigenvalue weighted by molar-refractivity contribution is -0.111. The van der Waals surface area contributed by atoms with E-state index < -0.39 is 0 Å². The first kappa shape index (κ1) is 14.7. The van der Waals surface area contributed by atoms with Crippen molar-refractivity contribution in [2.24, 2.45) is 29.1 Å². The smallest absolute Gasteiger partial charge is 0.196 e. The molecule has 6 atom stereocenters. The fourth-order valence-corrected chi connectivity index (χ4v) is 5.80. The molecule has 3 heteroatoms. The van der Waals surface area contributed by atoms with Gasteiger partial charge in [0, 0.05) is 11.3 Å². The molecule has 118 valence electrons. The molecule has 0 aromatic heterocycles. The minimum absolute atomic E-state index is 0.0229. The molecule has 0 aromatic rings. The Kier molecular flexibility index (Phi) is 3.39. The van der Waals surface area contributed by atoms with Gasteiger partial charge in [0.15, 0.2) is 5.78 Å². The van der Waals surface area contributed by atoms with Gasteiger partial charge < -0.3 is 5.11 Å². The average molecular weight is 319 g/mol. The first-order chi connectivity index (χ1) is 10.5. The highest BCUT2D eigenvalue weighted by Crippen LogP contribution is 2.59. The van der Waals surface area contributed by atoms with E-state index in [-0.39, 0.29) is 17.3 Å². The number of hydrogen-bond donors (Lipinski definition) is 1. The first-order valence-electron chi connectivity index (χ1n) is 8.48. The highest BCUT2D eigenvalue weighted by molar-refractivity contribution is 6.45. The maximum absolute atomic E-state index is 11.8. The van der Waals surface area contributed by atoms with E-state index in [1.807, 2.05) is 0 Å². The van der Waals surface area contributed by atoms with Gasteiger partial charge in [0.05, 0.1) is 11.1 Å². The second kappa shape index (κ2) is 5.07. The Labute approximate surface area is 136 Å². The van der Waals surface area contributed by atoms with Crippen molar-refractivity contribution in [2.75, 3.05) is 0 Å². The van der Waals surface area contributed by atoms with Gasteiger partial charge in [-0.15, -0.1) is 0 Å². The lowest BCUT2D eigenvalue weighted by Crippen LogP contribution is -2.51. The predicted molar refractivity (Wildman–Crippen MR) is 87.3 cm³/mol. The molecule has 22 heavy (non-hydrogen) atoms. The molecule has 0 radical (unpaired) electrons. The fourth-order valence-electron chi connectivity index (χ4n) is 5.51. The number of carbonyl (C=O) groups excluding carboxylic acids is 1. The largest absolute Gasteiger partial charge is 0.392 e. The highest BCUT2D eigenvalue weighted by atomic mass is 35.5. The minimum Gasteiger partial charge on any atom is -0.392 e. The summed E-state index contributed by atoms with van der Waals surface area (Å²) in [7, 11) is 0. The van der Waals surface area contributed by atoms with Gasteiger partial charge in [-0.2, -0.15) is 0 Å². The van der Waals surface area contributed by atoms with Crippen LogP contribution in [0.25, 0.3) is 0 Å². The van der Waals surface area contributed by atoms with Crippen LogP contribution in [0, 0.1) is 29.1 Å². The summed E-state index contributed by atoms with van der Waals surface area (Å²) < 4.78 is 0. The van der Waals surface area contributed by atoms with Crippen LogP contribution < -0.4 is 0 Å². The van der Waals surface area contributed by atoms with Crippen LogP contribution in [0.3, 0.4) is 0 Å². The lowest BCUT2D eigenvalue weighted by Gasteiger charge is -2.56. The lowest BCUT2D eigenvalue weighted by atomic mass is 9.49. The zero-order valence-electron chi connectivity index (χ0n) is 13.0. The van der Waals surface area contributed by atoms with Gasteiger partial charge in [-0.05, 0) is 61.5 Å². The van der Waals surface area contributed by atoms with Crippen molar-refractivity contribution in [3.63, 3.8) is 0 Å². The third-order valence-corrected chi connectivity index (χ3v) is 7.25. The number of ketones is 1. The summed E-state index contributed by atoms with van der Waals surface area (Å²) >= 11 is 6.28. The van der Waals surface area contributed by atoms with Crippen molar-refractivity contribution in [2.45, 2.75) is 45.1 Å². The first-order valence-corrected chi connectivity index (χ1v) is 8.86. The molecule has 4 aliphatic rings. The number of hydrogen-bond acceptors (Lipinski definition) is 2. The van der Waals surface area contributed by atoms with Crippen LogP contribution in [0.4, 0.5) is 0 Å². The van der Waals surface area contributed by atoms with Gasteiger partial charge in [0.1, 0.15) is 0 Å². The SMILES string of the molecule is C[C@]12CC[C@H]3[C@@H](CCC4=C(Cl)C(=O)C=C[C@@H]43)[C@@H]1C=CC[C@@H]2O. The molecular formula is C19H23ClO2. The molecule has 0 bridgehead atoms. The van der Waals surface area contributed by atoms with E-state index in [1.54, 1.807) is 6.08 Å². The van der Waals surface area contributed by atoms with Crippen LogP contribution >= 0.6 is 11.6 Å². The van der Waals surface area contributed by atoms with E-state index in [9.17, 15) is 9.90 Å². The van der Waals surface area contributed by atoms with Crippen molar-refractivity contribution in [1.82, 2.24) is 0 Å². The van der Waals surface area contributed by atoms with Crippen LogP contribution in [0.2, 0.25) is 0 Å². The molecule has 4 rings (SSSR count). The summed E-state index contributed by atoms with van der Waals surface area (Å²) in [6.07, 6.45) is 13.1. The van der Waals surface area contributed by atoms with E-state index in [0.29, 0.717) is 28.7 Å². The molecule has 1 N–H and O–H groups in total. The molecule has 0 unspecified atom stereocenters. The minimum atomic E-state index is -0.215. The van der Waals surface area contributed by atoms with Crippen molar-refractivity contribution in [1.29, 1.82) is 0 Å². The van der Waals surface area contributed by atoms with Crippen molar-refractivity contribution >= 4 is 17.4 Å². The van der Waals surface area contributed by atoms with Crippen LogP contribution in [0.15, 0.2) is 34.9 Å². The Morgan fingerprint density at radius 2 is 2.09 bits per heavy atom. The number of aliphatic hydroxyl groups excluding tert-OH is 1. The number of carbonyl (C=O) groups is 1. The summed E-state index contributed by atoms with van der Waals surface area (Å²) in [5, 5.41) is 11.0. The van der Waals surface area contributed by atoms with E-state index >= 15 is 0 Å². The zero-order chi connectivity index (χ0) is 15.5. The molecule has 2 saturated carbocycles. The normalized spacial score (nSPS) is 47.0. The Bertz CT molecular complexity index is 603. The van der Waals surface area contributed by atoms with Crippen molar-refractivity contribution < 1.29 is 9.90 Å². The van der Waals surface area contributed by atoms with E-state index in [0.717, 1.165) is 32.1 Å². The fraction of sp³-hybridized carbons (Fsp3) is 0.632. The zero-order valence-corrected chi connectivity index (χ0v) is 13.7. The molecular weight excluding hydrogens is 296 g/mol.